The number of ether oxygens (including phenoxy) is 2. The number of hydrogen-bond donors (Lipinski definition) is 2. The molecule has 1 atom stereocenters. The van der Waals surface area contributed by atoms with Crippen molar-refractivity contribution in [2.24, 2.45) is 4.99 Å². The zero-order valence-corrected chi connectivity index (χ0v) is 19.2. The van der Waals surface area contributed by atoms with Crippen LogP contribution in [0.4, 0.5) is 4.79 Å². The molecular formula is C23H38N4O3. The third-order valence-corrected chi connectivity index (χ3v) is 4.69. The molecule has 30 heavy (non-hydrogen) atoms. The first kappa shape index (κ1) is 24.0. The monoisotopic (exact) mass is 418 g/mol. The van der Waals surface area contributed by atoms with Gasteiger partial charge < -0.3 is 25.0 Å². The number of amides is 1. The zero-order chi connectivity index (χ0) is 22.0. The molecule has 0 spiro atoms. The van der Waals surface area contributed by atoms with Crippen LogP contribution in [0, 0.1) is 0 Å². The van der Waals surface area contributed by atoms with E-state index in [0.717, 1.165) is 49.6 Å². The summed E-state index contributed by atoms with van der Waals surface area (Å²) in [6.07, 6.45) is 3.39. The second kappa shape index (κ2) is 11.8. The van der Waals surface area contributed by atoms with E-state index in [2.05, 4.69) is 34.7 Å². The Balaban J connectivity index is 1.82. The summed E-state index contributed by atoms with van der Waals surface area (Å²) in [7, 11) is 1.75. The van der Waals surface area contributed by atoms with E-state index in [9.17, 15) is 4.79 Å². The number of benzene rings is 1. The lowest BCUT2D eigenvalue weighted by molar-refractivity contribution is 0.0285. The Morgan fingerprint density at radius 3 is 2.53 bits per heavy atom. The molecule has 0 saturated carbocycles. The van der Waals surface area contributed by atoms with Gasteiger partial charge in [-0.3, -0.25) is 0 Å². The highest BCUT2D eigenvalue weighted by atomic mass is 16.6. The predicted molar refractivity (Wildman–Crippen MR) is 121 cm³/mol. The van der Waals surface area contributed by atoms with Gasteiger partial charge >= 0.3 is 6.09 Å². The van der Waals surface area contributed by atoms with Crippen LogP contribution in [-0.4, -0.2) is 55.4 Å². The highest BCUT2D eigenvalue weighted by Crippen LogP contribution is 2.14. The van der Waals surface area contributed by atoms with Gasteiger partial charge in [0.1, 0.15) is 5.60 Å². The average Bonchev–Trinajstić information content (AvgIpc) is 3.19. The molecular weight excluding hydrogens is 380 g/mol. The maximum Gasteiger partial charge on any atom is 0.410 e. The van der Waals surface area contributed by atoms with E-state index in [1.165, 1.54) is 6.42 Å². The number of hydrogen-bond acceptors (Lipinski definition) is 4. The Morgan fingerprint density at radius 2 is 1.93 bits per heavy atom. The first-order chi connectivity index (χ1) is 14.3. The van der Waals surface area contributed by atoms with Crippen LogP contribution in [0.2, 0.25) is 0 Å². The SMILES string of the molecule is CCNC(=NCc1ccc(CN(C)C(=O)OC(C)(C)C)cc1)NCCC1CCCO1. The van der Waals surface area contributed by atoms with Crippen molar-refractivity contribution in [3.05, 3.63) is 35.4 Å². The number of carbonyl (C=O) groups excluding carboxylic acids is 1. The summed E-state index contributed by atoms with van der Waals surface area (Å²) in [6.45, 7) is 11.3. The molecule has 1 fully saturated rings. The fraction of sp³-hybridized carbons (Fsp3) is 0.652. The topological polar surface area (TPSA) is 75.2 Å². The molecule has 2 rings (SSSR count). The van der Waals surface area contributed by atoms with Crippen LogP contribution >= 0.6 is 0 Å². The summed E-state index contributed by atoms with van der Waals surface area (Å²) in [4.78, 5) is 18.4. The molecule has 7 nitrogen and oxygen atoms in total. The summed E-state index contributed by atoms with van der Waals surface area (Å²) in [5.41, 5.74) is 1.68. The minimum Gasteiger partial charge on any atom is -0.444 e. The minimum atomic E-state index is -0.490. The van der Waals surface area contributed by atoms with E-state index in [0.29, 0.717) is 19.2 Å². The second-order valence-electron chi connectivity index (χ2n) is 8.70. The van der Waals surface area contributed by atoms with Crippen LogP contribution in [0.1, 0.15) is 58.1 Å². The standard InChI is InChI=1S/C23H38N4O3/c1-6-24-21(25-14-13-20-8-7-15-29-20)26-16-18-9-11-19(12-10-18)17-27(5)22(28)30-23(2,3)4/h9-12,20H,6-8,13-17H2,1-5H3,(H2,24,25,26). The van der Waals surface area contributed by atoms with Crippen LogP contribution in [0.3, 0.4) is 0 Å². The molecule has 1 aromatic rings. The van der Waals surface area contributed by atoms with Crippen LogP contribution in [0.25, 0.3) is 0 Å². The predicted octanol–water partition coefficient (Wildman–Crippen LogP) is 3.68. The summed E-state index contributed by atoms with van der Waals surface area (Å²) in [6, 6.07) is 8.17. The molecule has 1 aliphatic heterocycles. The van der Waals surface area contributed by atoms with Gasteiger partial charge in [-0.15, -0.1) is 0 Å². The molecule has 7 heteroatoms. The van der Waals surface area contributed by atoms with E-state index in [1.54, 1.807) is 11.9 Å². The van der Waals surface area contributed by atoms with Crippen molar-refractivity contribution in [3.63, 3.8) is 0 Å². The van der Waals surface area contributed by atoms with Crippen LogP contribution in [-0.2, 0) is 22.6 Å². The van der Waals surface area contributed by atoms with Crippen molar-refractivity contribution in [2.75, 3.05) is 26.7 Å². The molecule has 0 aromatic heterocycles. The number of nitrogens with one attached hydrogen (secondary N) is 2. The van der Waals surface area contributed by atoms with Crippen LogP contribution in [0.5, 0.6) is 0 Å². The van der Waals surface area contributed by atoms with Gasteiger partial charge in [-0.25, -0.2) is 9.79 Å². The minimum absolute atomic E-state index is 0.319. The second-order valence-corrected chi connectivity index (χ2v) is 8.70. The van der Waals surface area contributed by atoms with Crippen LogP contribution in [0.15, 0.2) is 29.3 Å². The number of carbonyl (C=O) groups is 1. The summed E-state index contributed by atoms with van der Waals surface area (Å²) in [5.74, 6) is 0.823. The van der Waals surface area contributed by atoms with Gasteiger partial charge in [0.05, 0.1) is 12.6 Å². The zero-order valence-electron chi connectivity index (χ0n) is 19.2. The lowest BCUT2D eigenvalue weighted by atomic mass is 10.1. The van der Waals surface area contributed by atoms with Gasteiger partial charge in [-0.1, -0.05) is 24.3 Å². The van der Waals surface area contributed by atoms with E-state index < -0.39 is 5.60 Å². The number of nitrogens with zero attached hydrogens (tertiary/aromatic N) is 2. The largest absolute Gasteiger partial charge is 0.444 e. The van der Waals surface area contributed by atoms with E-state index in [-0.39, 0.29) is 6.09 Å². The highest BCUT2D eigenvalue weighted by Gasteiger charge is 2.19. The quantitative estimate of drug-likeness (QED) is 0.498. The van der Waals surface area contributed by atoms with Crippen molar-refractivity contribution >= 4 is 12.1 Å². The first-order valence-electron chi connectivity index (χ1n) is 10.9. The molecule has 0 aliphatic carbocycles. The normalized spacial score (nSPS) is 17.0. The van der Waals surface area contributed by atoms with Gasteiger partial charge in [-0.2, -0.15) is 0 Å². The molecule has 1 heterocycles. The van der Waals surface area contributed by atoms with Crippen molar-refractivity contribution in [1.82, 2.24) is 15.5 Å². The molecule has 1 saturated heterocycles. The molecule has 0 bridgehead atoms. The molecule has 0 radical (unpaired) electrons. The Morgan fingerprint density at radius 1 is 1.23 bits per heavy atom. The molecule has 2 N–H and O–H groups in total. The molecule has 1 aromatic carbocycles. The van der Waals surface area contributed by atoms with Crippen molar-refractivity contribution in [1.29, 1.82) is 0 Å². The number of guanidine groups is 1. The smallest absolute Gasteiger partial charge is 0.410 e. The fourth-order valence-electron chi connectivity index (χ4n) is 3.16. The van der Waals surface area contributed by atoms with Gasteiger partial charge in [0, 0.05) is 33.3 Å². The van der Waals surface area contributed by atoms with E-state index in [1.807, 2.05) is 32.9 Å². The summed E-state index contributed by atoms with van der Waals surface area (Å²) in [5, 5.41) is 6.67. The van der Waals surface area contributed by atoms with E-state index in [4.69, 9.17) is 9.47 Å². The van der Waals surface area contributed by atoms with Gasteiger partial charge in [-0.05, 0) is 58.1 Å². The molecule has 1 amide bonds. The third kappa shape index (κ3) is 9.03. The summed E-state index contributed by atoms with van der Waals surface area (Å²) >= 11 is 0. The average molecular weight is 419 g/mol. The summed E-state index contributed by atoms with van der Waals surface area (Å²) < 4.78 is 11.1. The molecule has 1 aliphatic rings. The Kier molecular flexibility index (Phi) is 9.43. The molecule has 168 valence electrons. The van der Waals surface area contributed by atoms with Gasteiger partial charge in [0.15, 0.2) is 5.96 Å². The van der Waals surface area contributed by atoms with Crippen LogP contribution < -0.4 is 10.6 Å². The van der Waals surface area contributed by atoms with Gasteiger partial charge in [0.2, 0.25) is 0 Å². The first-order valence-corrected chi connectivity index (χ1v) is 10.9. The third-order valence-electron chi connectivity index (χ3n) is 4.69. The lowest BCUT2D eigenvalue weighted by Crippen LogP contribution is -2.38. The van der Waals surface area contributed by atoms with Crippen molar-refractivity contribution in [2.45, 2.75) is 71.8 Å². The van der Waals surface area contributed by atoms with E-state index >= 15 is 0 Å². The Hall–Kier alpha value is -2.28. The highest BCUT2D eigenvalue weighted by molar-refractivity contribution is 5.79. The van der Waals surface area contributed by atoms with Crippen molar-refractivity contribution < 1.29 is 14.3 Å². The molecule has 1 unspecified atom stereocenters. The number of aliphatic imine (C=N–C) groups is 1. The maximum absolute atomic E-state index is 12.1. The fourth-order valence-corrected chi connectivity index (χ4v) is 3.16. The maximum atomic E-state index is 12.1. The number of rotatable bonds is 8. The Labute approximate surface area is 181 Å². The Bertz CT molecular complexity index is 677. The van der Waals surface area contributed by atoms with Crippen molar-refractivity contribution in [3.8, 4) is 0 Å². The lowest BCUT2D eigenvalue weighted by Gasteiger charge is -2.24. The van der Waals surface area contributed by atoms with Gasteiger partial charge in [0.25, 0.3) is 0 Å².